The van der Waals surface area contributed by atoms with E-state index < -0.39 is 5.97 Å². The summed E-state index contributed by atoms with van der Waals surface area (Å²) in [5.41, 5.74) is 0.257. The molecule has 16 heavy (non-hydrogen) atoms. The maximum atomic E-state index is 10.6. The summed E-state index contributed by atoms with van der Waals surface area (Å²) < 4.78 is 0. The molecule has 1 aliphatic carbocycles. The first-order valence-corrected chi connectivity index (χ1v) is 6.16. The van der Waals surface area contributed by atoms with Crippen LogP contribution in [0, 0.1) is 11.8 Å². The van der Waals surface area contributed by atoms with Crippen molar-refractivity contribution < 1.29 is 9.90 Å². The van der Waals surface area contributed by atoms with Crippen molar-refractivity contribution in [3.05, 3.63) is 12.2 Å². The van der Waals surface area contributed by atoms with Crippen LogP contribution in [0.2, 0.25) is 0 Å². The second kappa shape index (κ2) is 6.04. The van der Waals surface area contributed by atoms with E-state index in [0.717, 1.165) is 6.42 Å². The fourth-order valence-corrected chi connectivity index (χ4v) is 2.54. The Morgan fingerprint density at radius 2 is 2.06 bits per heavy atom. The zero-order valence-corrected chi connectivity index (χ0v) is 10.3. The van der Waals surface area contributed by atoms with E-state index in [0.29, 0.717) is 24.4 Å². The molecule has 0 heterocycles. The monoisotopic (exact) mass is 225 g/mol. The lowest BCUT2D eigenvalue weighted by atomic mass is 9.78. The minimum absolute atomic E-state index is 0.257. The smallest absolute Gasteiger partial charge is 0.332 e. The first-order chi connectivity index (χ1) is 7.52. The van der Waals surface area contributed by atoms with Crippen molar-refractivity contribution in [2.24, 2.45) is 11.8 Å². The molecule has 0 aliphatic heterocycles. The number of carbonyl (C=O) groups is 1. The second-order valence-corrected chi connectivity index (χ2v) is 5.09. The van der Waals surface area contributed by atoms with Crippen LogP contribution in [0.25, 0.3) is 0 Å². The summed E-state index contributed by atoms with van der Waals surface area (Å²) in [4.78, 5) is 10.6. The van der Waals surface area contributed by atoms with Gasteiger partial charge in [-0.1, -0.05) is 33.3 Å². The molecule has 3 heteroatoms. The van der Waals surface area contributed by atoms with E-state index in [4.69, 9.17) is 5.11 Å². The van der Waals surface area contributed by atoms with Gasteiger partial charge in [0.15, 0.2) is 0 Å². The van der Waals surface area contributed by atoms with Crippen molar-refractivity contribution in [1.82, 2.24) is 5.32 Å². The molecule has 1 rings (SSSR count). The van der Waals surface area contributed by atoms with Crippen molar-refractivity contribution >= 4 is 5.97 Å². The predicted molar refractivity (Wildman–Crippen MR) is 65.4 cm³/mol. The van der Waals surface area contributed by atoms with E-state index in [1.807, 2.05) is 0 Å². The SMILES string of the molecule is C=C(CNC1CCCCC1C(C)C)C(=O)O. The van der Waals surface area contributed by atoms with Crippen LogP contribution in [0.15, 0.2) is 12.2 Å². The van der Waals surface area contributed by atoms with Crippen LogP contribution in [0.4, 0.5) is 0 Å². The number of carboxylic acid groups (broad SMARTS) is 1. The minimum Gasteiger partial charge on any atom is -0.478 e. The molecular weight excluding hydrogens is 202 g/mol. The molecule has 92 valence electrons. The third-order valence-corrected chi connectivity index (χ3v) is 3.56. The number of aliphatic carboxylic acids is 1. The molecule has 0 saturated heterocycles. The van der Waals surface area contributed by atoms with Crippen molar-refractivity contribution in [1.29, 1.82) is 0 Å². The Labute approximate surface area is 97.9 Å². The largest absolute Gasteiger partial charge is 0.478 e. The van der Waals surface area contributed by atoms with E-state index in [9.17, 15) is 4.79 Å². The van der Waals surface area contributed by atoms with Gasteiger partial charge in [-0.05, 0) is 24.7 Å². The Morgan fingerprint density at radius 1 is 1.44 bits per heavy atom. The van der Waals surface area contributed by atoms with Crippen LogP contribution < -0.4 is 5.32 Å². The van der Waals surface area contributed by atoms with Crippen LogP contribution in [-0.4, -0.2) is 23.7 Å². The Bertz CT molecular complexity index is 261. The number of hydrogen-bond donors (Lipinski definition) is 2. The van der Waals surface area contributed by atoms with Crippen molar-refractivity contribution in [2.75, 3.05) is 6.54 Å². The van der Waals surface area contributed by atoms with Crippen LogP contribution in [0.3, 0.4) is 0 Å². The maximum absolute atomic E-state index is 10.6. The molecule has 0 spiro atoms. The topological polar surface area (TPSA) is 49.3 Å². The Balaban J connectivity index is 2.44. The van der Waals surface area contributed by atoms with E-state index in [2.05, 4.69) is 25.7 Å². The molecule has 0 aromatic rings. The molecule has 0 radical (unpaired) electrons. The molecule has 1 aliphatic rings. The van der Waals surface area contributed by atoms with Crippen LogP contribution >= 0.6 is 0 Å². The number of rotatable bonds is 5. The van der Waals surface area contributed by atoms with E-state index in [1.165, 1.54) is 19.3 Å². The van der Waals surface area contributed by atoms with Gasteiger partial charge in [0.2, 0.25) is 0 Å². The number of nitrogens with one attached hydrogen (secondary N) is 1. The van der Waals surface area contributed by atoms with Gasteiger partial charge in [-0.2, -0.15) is 0 Å². The molecule has 1 fully saturated rings. The fourth-order valence-electron chi connectivity index (χ4n) is 2.54. The maximum Gasteiger partial charge on any atom is 0.332 e. The molecule has 2 N–H and O–H groups in total. The van der Waals surface area contributed by atoms with Gasteiger partial charge < -0.3 is 10.4 Å². The molecule has 2 atom stereocenters. The second-order valence-electron chi connectivity index (χ2n) is 5.09. The Morgan fingerprint density at radius 3 is 2.62 bits per heavy atom. The Hall–Kier alpha value is -0.830. The zero-order chi connectivity index (χ0) is 12.1. The molecule has 0 aromatic carbocycles. The van der Waals surface area contributed by atoms with Gasteiger partial charge in [0.05, 0.1) is 0 Å². The van der Waals surface area contributed by atoms with E-state index in [1.54, 1.807) is 0 Å². The summed E-state index contributed by atoms with van der Waals surface area (Å²) in [6.45, 7) is 8.45. The van der Waals surface area contributed by atoms with Crippen molar-refractivity contribution in [2.45, 2.75) is 45.6 Å². The minimum atomic E-state index is -0.899. The van der Waals surface area contributed by atoms with Gasteiger partial charge in [0.25, 0.3) is 0 Å². The predicted octanol–water partition coefficient (Wildman–Crippen LogP) is 2.43. The van der Waals surface area contributed by atoms with Gasteiger partial charge in [-0.3, -0.25) is 0 Å². The molecule has 2 unspecified atom stereocenters. The average Bonchev–Trinajstić information content (AvgIpc) is 2.25. The fraction of sp³-hybridized carbons (Fsp3) is 0.769. The molecular formula is C13H23NO2. The number of hydrogen-bond acceptors (Lipinski definition) is 2. The highest BCUT2D eigenvalue weighted by atomic mass is 16.4. The Kier molecular flexibility index (Phi) is 5.00. The molecule has 3 nitrogen and oxygen atoms in total. The molecule has 0 bridgehead atoms. The molecule has 0 aromatic heterocycles. The van der Waals surface area contributed by atoms with Crippen molar-refractivity contribution in [3.63, 3.8) is 0 Å². The summed E-state index contributed by atoms with van der Waals surface area (Å²) in [5, 5.41) is 12.1. The lowest BCUT2D eigenvalue weighted by Gasteiger charge is -2.35. The van der Waals surface area contributed by atoms with Crippen LogP contribution in [0.1, 0.15) is 39.5 Å². The first-order valence-electron chi connectivity index (χ1n) is 6.16. The van der Waals surface area contributed by atoms with Crippen LogP contribution in [0.5, 0.6) is 0 Å². The van der Waals surface area contributed by atoms with E-state index >= 15 is 0 Å². The summed E-state index contributed by atoms with van der Waals surface area (Å²) in [7, 11) is 0. The quantitative estimate of drug-likeness (QED) is 0.706. The summed E-state index contributed by atoms with van der Waals surface area (Å²) in [5.74, 6) is 0.440. The highest BCUT2D eigenvalue weighted by Crippen LogP contribution is 2.30. The highest BCUT2D eigenvalue weighted by molar-refractivity contribution is 5.86. The van der Waals surface area contributed by atoms with Gasteiger partial charge in [0, 0.05) is 18.2 Å². The van der Waals surface area contributed by atoms with Crippen LogP contribution in [-0.2, 0) is 4.79 Å². The van der Waals surface area contributed by atoms with Gasteiger partial charge >= 0.3 is 5.97 Å². The molecule has 1 saturated carbocycles. The standard InChI is InChI=1S/C13H23NO2/c1-9(2)11-6-4-5-7-12(11)14-8-10(3)13(15)16/h9,11-12,14H,3-8H2,1-2H3,(H,15,16). The third-order valence-electron chi connectivity index (χ3n) is 3.56. The average molecular weight is 225 g/mol. The van der Waals surface area contributed by atoms with Gasteiger partial charge in [-0.15, -0.1) is 0 Å². The lowest BCUT2D eigenvalue weighted by Crippen LogP contribution is -2.42. The third kappa shape index (κ3) is 3.63. The summed E-state index contributed by atoms with van der Waals surface area (Å²) in [6, 6.07) is 0.463. The van der Waals surface area contributed by atoms with Gasteiger partial charge in [0.1, 0.15) is 0 Å². The van der Waals surface area contributed by atoms with Crippen molar-refractivity contribution in [3.8, 4) is 0 Å². The lowest BCUT2D eigenvalue weighted by molar-refractivity contribution is -0.132. The first kappa shape index (κ1) is 13.2. The zero-order valence-electron chi connectivity index (χ0n) is 10.3. The number of carboxylic acids is 1. The summed E-state index contributed by atoms with van der Waals surface area (Å²) in [6.07, 6.45) is 4.98. The highest BCUT2D eigenvalue weighted by Gasteiger charge is 2.27. The summed E-state index contributed by atoms with van der Waals surface area (Å²) >= 11 is 0. The van der Waals surface area contributed by atoms with Gasteiger partial charge in [-0.25, -0.2) is 4.79 Å². The molecule has 0 amide bonds. The normalized spacial score (nSPS) is 25.7. The van der Waals surface area contributed by atoms with E-state index in [-0.39, 0.29) is 5.57 Å².